The Morgan fingerprint density at radius 3 is 2.23 bits per heavy atom. The number of likely N-dealkylation sites (tertiary alicyclic amines) is 1. The minimum absolute atomic E-state index is 0.120. The summed E-state index contributed by atoms with van der Waals surface area (Å²) in [5.41, 5.74) is 0.672. The third-order valence-corrected chi connectivity index (χ3v) is 6.63. The van der Waals surface area contributed by atoms with Crippen molar-refractivity contribution in [3.63, 3.8) is 0 Å². The van der Waals surface area contributed by atoms with Crippen LogP contribution in [0.25, 0.3) is 0 Å². The summed E-state index contributed by atoms with van der Waals surface area (Å²) in [5, 5.41) is 13.8. The van der Waals surface area contributed by atoms with E-state index in [1.54, 1.807) is 26.0 Å². The number of nitrogens with zero attached hydrogens (tertiary/aromatic N) is 1. The second-order valence-electron chi connectivity index (χ2n) is 10.8. The van der Waals surface area contributed by atoms with E-state index >= 15 is 0 Å². The number of aliphatic carboxylic acids is 1. The van der Waals surface area contributed by atoms with Gasteiger partial charge in [0, 0.05) is 30.1 Å². The smallest absolute Gasteiger partial charge is 0.496 e. The van der Waals surface area contributed by atoms with Crippen LogP contribution in [-0.2, 0) is 16.1 Å². The van der Waals surface area contributed by atoms with Crippen molar-refractivity contribution in [3.8, 4) is 11.5 Å². The molecular formula is C28H35F3N2O6. The predicted molar refractivity (Wildman–Crippen MR) is 137 cm³/mol. The van der Waals surface area contributed by atoms with E-state index in [4.69, 9.17) is 9.47 Å². The number of hydrogen-bond acceptors (Lipinski definition) is 6. The molecule has 4 unspecified atom stereocenters. The Morgan fingerprint density at radius 1 is 1.08 bits per heavy atom. The zero-order valence-corrected chi connectivity index (χ0v) is 22.8. The van der Waals surface area contributed by atoms with Crippen LogP contribution in [0.4, 0.5) is 18.0 Å². The van der Waals surface area contributed by atoms with E-state index < -0.39 is 59.7 Å². The average Bonchev–Trinajstić information content (AvgIpc) is 3.18. The van der Waals surface area contributed by atoms with Crippen molar-refractivity contribution in [2.45, 2.75) is 71.8 Å². The molecule has 1 fully saturated rings. The van der Waals surface area contributed by atoms with Crippen molar-refractivity contribution >= 4 is 12.1 Å². The minimum Gasteiger partial charge on any atom is -0.496 e. The van der Waals surface area contributed by atoms with Crippen LogP contribution in [0, 0.1) is 11.3 Å². The number of amides is 1. The maximum atomic E-state index is 13.4. The molecule has 39 heavy (non-hydrogen) atoms. The van der Waals surface area contributed by atoms with Crippen molar-refractivity contribution in [3.05, 3.63) is 59.7 Å². The van der Waals surface area contributed by atoms with Crippen LogP contribution < -0.4 is 14.8 Å². The van der Waals surface area contributed by atoms with Crippen LogP contribution in [0.1, 0.15) is 51.8 Å². The molecule has 1 saturated heterocycles. The van der Waals surface area contributed by atoms with Crippen molar-refractivity contribution < 1.29 is 42.1 Å². The summed E-state index contributed by atoms with van der Waals surface area (Å²) in [7, 11) is 1.33. The first-order valence-corrected chi connectivity index (χ1v) is 12.6. The number of ether oxygens (including phenoxy) is 3. The molecule has 1 aliphatic heterocycles. The van der Waals surface area contributed by atoms with Gasteiger partial charge in [0.2, 0.25) is 0 Å². The lowest BCUT2D eigenvalue weighted by atomic mass is 9.72. The standard InChI is InChI=1S/C28H35F3N2O6/c1-16(2)38-26(36)33-23(17-10-8-7-9-11-17)22(21(27(3,4)5)24(33)25(34)35)32-15-18-12-13-19(14-20(18)37-6)39-28(29,30)31/h7-14,16,21-24,32H,15H2,1-6H3,(H,34,35). The van der Waals surface area contributed by atoms with Gasteiger partial charge >= 0.3 is 18.4 Å². The molecule has 2 aromatic rings. The Hall–Kier alpha value is -3.47. The molecule has 1 aliphatic rings. The number of halogens is 3. The van der Waals surface area contributed by atoms with Crippen molar-refractivity contribution in [2.75, 3.05) is 7.11 Å². The van der Waals surface area contributed by atoms with E-state index in [-0.39, 0.29) is 12.3 Å². The van der Waals surface area contributed by atoms with Gasteiger partial charge in [-0.25, -0.2) is 9.59 Å². The Bertz CT molecular complexity index is 1150. The lowest BCUT2D eigenvalue weighted by Gasteiger charge is -2.35. The first-order valence-electron chi connectivity index (χ1n) is 12.6. The zero-order valence-electron chi connectivity index (χ0n) is 22.8. The number of carboxylic acid groups (broad SMARTS) is 1. The van der Waals surface area contributed by atoms with E-state index in [0.717, 1.165) is 11.6 Å². The SMILES string of the molecule is COc1cc(OC(F)(F)F)ccc1CNC1C(c2ccccc2)N(C(=O)OC(C)C)C(C(=O)O)C1C(C)(C)C. The summed E-state index contributed by atoms with van der Waals surface area (Å²) in [6.07, 6.45) is -6.06. The molecular weight excluding hydrogens is 517 g/mol. The summed E-state index contributed by atoms with van der Waals surface area (Å²) in [4.78, 5) is 27.4. The van der Waals surface area contributed by atoms with Crippen LogP contribution in [0.15, 0.2) is 48.5 Å². The molecule has 214 valence electrons. The van der Waals surface area contributed by atoms with Gasteiger partial charge in [0.1, 0.15) is 17.5 Å². The lowest BCUT2D eigenvalue weighted by Crippen LogP contribution is -2.48. The van der Waals surface area contributed by atoms with Gasteiger partial charge in [-0.3, -0.25) is 4.90 Å². The molecule has 0 aromatic heterocycles. The van der Waals surface area contributed by atoms with Crippen LogP contribution in [0.3, 0.4) is 0 Å². The molecule has 4 atom stereocenters. The lowest BCUT2D eigenvalue weighted by molar-refractivity contribution is -0.274. The predicted octanol–water partition coefficient (Wildman–Crippen LogP) is 5.77. The fourth-order valence-electron chi connectivity index (χ4n) is 5.24. The van der Waals surface area contributed by atoms with Gasteiger partial charge in [-0.2, -0.15) is 0 Å². The Labute approximate surface area is 226 Å². The number of carbonyl (C=O) groups excluding carboxylic acids is 1. The summed E-state index contributed by atoms with van der Waals surface area (Å²) >= 11 is 0. The molecule has 1 heterocycles. The molecule has 8 nitrogen and oxygen atoms in total. The van der Waals surface area contributed by atoms with Crippen molar-refractivity contribution in [1.29, 1.82) is 0 Å². The molecule has 0 saturated carbocycles. The topological polar surface area (TPSA) is 97.3 Å². The quantitative estimate of drug-likeness (QED) is 0.429. The normalized spacial score (nSPS) is 21.6. The molecule has 1 amide bonds. The molecule has 0 aliphatic carbocycles. The summed E-state index contributed by atoms with van der Waals surface area (Å²) in [5.74, 6) is -1.99. The van der Waals surface area contributed by atoms with Crippen molar-refractivity contribution in [2.24, 2.45) is 11.3 Å². The van der Waals surface area contributed by atoms with E-state index in [1.807, 2.05) is 39.0 Å². The van der Waals surface area contributed by atoms with Crippen LogP contribution >= 0.6 is 0 Å². The van der Waals surface area contributed by atoms with Crippen molar-refractivity contribution in [1.82, 2.24) is 10.2 Å². The van der Waals surface area contributed by atoms with E-state index in [9.17, 15) is 27.9 Å². The highest BCUT2D eigenvalue weighted by Crippen LogP contribution is 2.48. The number of carboxylic acids is 1. The molecule has 0 bridgehead atoms. The molecule has 2 aromatic carbocycles. The molecule has 3 rings (SSSR count). The van der Waals surface area contributed by atoms with Crippen LogP contribution in [-0.4, -0.2) is 53.7 Å². The summed E-state index contributed by atoms with van der Waals surface area (Å²) in [6.45, 7) is 9.23. The highest BCUT2D eigenvalue weighted by molar-refractivity contribution is 5.82. The summed E-state index contributed by atoms with van der Waals surface area (Å²) < 4.78 is 52.9. The largest absolute Gasteiger partial charge is 0.573 e. The van der Waals surface area contributed by atoms with Crippen LogP contribution in [0.5, 0.6) is 11.5 Å². The monoisotopic (exact) mass is 552 g/mol. The molecule has 0 radical (unpaired) electrons. The average molecular weight is 553 g/mol. The Morgan fingerprint density at radius 2 is 1.72 bits per heavy atom. The minimum atomic E-state index is -4.85. The number of benzene rings is 2. The zero-order chi connectivity index (χ0) is 29.1. The van der Waals surface area contributed by atoms with Gasteiger partial charge in [-0.1, -0.05) is 57.2 Å². The molecule has 2 N–H and O–H groups in total. The Balaban J connectivity index is 2.07. The third-order valence-electron chi connectivity index (χ3n) is 6.63. The van der Waals surface area contributed by atoms with Crippen LogP contribution in [0.2, 0.25) is 0 Å². The number of methoxy groups -OCH3 is 1. The highest BCUT2D eigenvalue weighted by atomic mass is 19.4. The number of hydrogen-bond donors (Lipinski definition) is 2. The molecule has 0 spiro atoms. The van der Waals surface area contributed by atoms with E-state index in [2.05, 4.69) is 10.1 Å². The highest BCUT2D eigenvalue weighted by Gasteiger charge is 2.58. The number of carbonyl (C=O) groups is 2. The fraction of sp³-hybridized carbons (Fsp3) is 0.500. The van der Waals surface area contributed by atoms with Gasteiger partial charge in [-0.15, -0.1) is 13.2 Å². The number of nitrogens with one attached hydrogen (secondary N) is 1. The first-order chi connectivity index (χ1) is 18.1. The Kier molecular flexibility index (Phi) is 9.05. The summed E-state index contributed by atoms with van der Waals surface area (Å²) in [6, 6.07) is 10.4. The maximum absolute atomic E-state index is 13.4. The van der Waals surface area contributed by atoms with Gasteiger partial charge in [0.05, 0.1) is 19.3 Å². The maximum Gasteiger partial charge on any atom is 0.573 e. The number of rotatable bonds is 8. The second kappa shape index (κ2) is 11.7. The molecule has 11 heteroatoms. The van der Waals surface area contributed by atoms with Gasteiger partial charge in [0.25, 0.3) is 0 Å². The first kappa shape index (κ1) is 30.1. The fourth-order valence-corrected chi connectivity index (χ4v) is 5.24. The second-order valence-corrected chi connectivity index (χ2v) is 10.8. The van der Waals surface area contributed by atoms with Gasteiger partial charge in [-0.05, 0) is 30.9 Å². The van der Waals surface area contributed by atoms with Gasteiger partial charge in [0.15, 0.2) is 0 Å². The van der Waals surface area contributed by atoms with E-state index in [0.29, 0.717) is 5.56 Å². The van der Waals surface area contributed by atoms with E-state index in [1.165, 1.54) is 24.1 Å². The third kappa shape index (κ3) is 7.14. The van der Waals surface area contributed by atoms with Gasteiger partial charge < -0.3 is 24.6 Å². The number of alkyl halides is 3.